The number of carboxylic acids is 1. The number of aliphatic carboxylic acids is 1. The summed E-state index contributed by atoms with van der Waals surface area (Å²) in [4.78, 5) is 15.4. The average Bonchev–Trinajstić information content (AvgIpc) is 2.50. The quantitative estimate of drug-likeness (QED) is 0.757. The summed E-state index contributed by atoms with van der Waals surface area (Å²) in [7, 11) is 0. The lowest BCUT2D eigenvalue weighted by Gasteiger charge is -2.14. The first-order valence-electron chi connectivity index (χ1n) is 7.47. The first kappa shape index (κ1) is 15.0. The van der Waals surface area contributed by atoms with Gasteiger partial charge in [0.2, 0.25) is 0 Å². The van der Waals surface area contributed by atoms with Crippen molar-refractivity contribution in [3.63, 3.8) is 0 Å². The molecule has 0 aliphatic carbocycles. The molecule has 0 unspecified atom stereocenters. The van der Waals surface area contributed by atoms with E-state index in [0.717, 1.165) is 27.8 Å². The molecule has 3 aromatic rings. The Hall–Kier alpha value is -2.88. The van der Waals surface area contributed by atoms with Gasteiger partial charge in [0.1, 0.15) is 0 Å². The van der Waals surface area contributed by atoms with Crippen LogP contribution in [0.4, 0.5) is 11.4 Å². The number of fused-ring (bicyclic) bond motifs is 1. The predicted molar refractivity (Wildman–Crippen MR) is 92.3 cm³/mol. The van der Waals surface area contributed by atoms with Crippen molar-refractivity contribution in [2.24, 2.45) is 0 Å². The van der Waals surface area contributed by atoms with Gasteiger partial charge in [-0.25, -0.2) is 0 Å². The molecule has 0 spiro atoms. The molecular formula is C19H18N2O2. The highest BCUT2D eigenvalue weighted by Gasteiger charge is 2.09. The Bertz CT molecular complexity index is 888. The van der Waals surface area contributed by atoms with Gasteiger partial charge in [0.25, 0.3) is 0 Å². The minimum absolute atomic E-state index is 0.0910. The smallest absolute Gasteiger partial charge is 0.309 e. The van der Waals surface area contributed by atoms with Crippen LogP contribution in [0.2, 0.25) is 0 Å². The van der Waals surface area contributed by atoms with Crippen molar-refractivity contribution in [3.05, 3.63) is 65.4 Å². The number of rotatable bonds is 4. The molecule has 0 bridgehead atoms. The molecule has 2 aromatic carbocycles. The molecule has 4 heteroatoms. The van der Waals surface area contributed by atoms with Crippen molar-refractivity contribution in [2.45, 2.75) is 20.3 Å². The number of pyridine rings is 1. The van der Waals surface area contributed by atoms with Crippen LogP contribution >= 0.6 is 0 Å². The van der Waals surface area contributed by atoms with Gasteiger partial charge in [0, 0.05) is 16.8 Å². The molecule has 0 radical (unpaired) electrons. The van der Waals surface area contributed by atoms with Gasteiger partial charge in [0.05, 0.1) is 17.6 Å². The van der Waals surface area contributed by atoms with Crippen LogP contribution in [0.1, 0.15) is 16.8 Å². The molecule has 4 nitrogen and oxygen atoms in total. The molecule has 0 aliphatic heterocycles. The lowest BCUT2D eigenvalue weighted by molar-refractivity contribution is -0.136. The second-order valence-corrected chi connectivity index (χ2v) is 5.69. The number of aromatic nitrogens is 1. The molecule has 0 fully saturated rings. The third-order valence-corrected chi connectivity index (χ3v) is 3.76. The highest BCUT2D eigenvalue weighted by atomic mass is 16.4. The van der Waals surface area contributed by atoms with Crippen LogP contribution in [0, 0.1) is 13.8 Å². The number of para-hydroxylation sites is 1. The second kappa shape index (κ2) is 6.08. The summed E-state index contributed by atoms with van der Waals surface area (Å²) in [6, 6.07) is 15.8. The van der Waals surface area contributed by atoms with Gasteiger partial charge in [-0.2, -0.15) is 0 Å². The molecule has 3 rings (SSSR count). The Kier molecular flexibility index (Phi) is 3.98. The van der Waals surface area contributed by atoms with Crippen LogP contribution in [-0.2, 0) is 11.2 Å². The summed E-state index contributed by atoms with van der Waals surface area (Å²) in [5.74, 6) is -0.884. The van der Waals surface area contributed by atoms with E-state index in [-0.39, 0.29) is 6.42 Å². The maximum absolute atomic E-state index is 11.0. The molecule has 0 amide bonds. The number of nitrogens with one attached hydrogen (secondary N) is 1. The number of benzene rings is 2. The normalized spacial score (nSPS) is 10.7. The van der Waals surface area contributed by atoms with E-state index < -0.39 is 5.97 Å². The van der Waals surface area contributed by atoms with Crippen molar-refractivity contribution in [1.82, 2.24) is 4.98 Å². The number of carbonyl (C=O) groups is 1. The van der Waals surface area contributed by atoms with Crippen LogP contribution < -0.4 is 5.32 Å². The zero-order valence-corrected chi connectivity index (χ0v) is 13.1. The first-order chi connectivity index (χ1) is 11.0. The van der Waals surface area contributed by atoms with Crippen LogP contribution in [-0.4, -0.2) is 16.1 Å². The molecule has 23 heavy (non-hydrogen) atoms. The maximum Gasteiger partial charge on any atom is 0.309 e. The van der Waals surface area contributed by atoms with Crippen molar-refractivity contribution < 1.29 is 9.90 Å². The van der Waals surface area contributed by atoms with E-state index in [4.69, 9.17) is 5.11 Å². The van der Waals surface area contributed by atoms with Gasteiger partial charge < -0.3 is 10.4 Å². The Morgan fingerprint density at radius 3 is 2.65 bits per heavy atom. The highest BCUT2D eigenvalue weighted by Crippen LogP contribution is 2.28. The van der Waals surface area contributed by atoms with Gasteiger partial charge >= 0.3 is 5.97 Å². The molecule has 2 N–H and O–H groups in total. The summed E-state index contributed by atoms with van der Waals surface area (Å²) < 4.78 is 0. The fraction of sp³-hybridized carbons (Fsp3) is 0.158. The van der Waals surface area contributed by atoms with Crippen LogP contribution in [0.25, 0.3) is 10.9 Å². The number of nitrogens with zero attached hydrogens (tertiary/aromatic N) is 1. The molecule has 0 saturated heterocycles. The fourth-order valence-corrected chi connectivity index (χ4v) is 2.59. The van der Waals surface area contributed by atoms with E-state index in [9.17, 15) is 4.79 Å². The Morgan fingerprint density at radius 2 is 1.87 bits per heavy atom. The summed E-state index contributed by atoms with van der Waals surface area (Å²) in [6.45, 7) is 4.09. The van der Waals surface area contributed by atoms with Gasteiger partial charge in [-0.15, -0.1) is 0 Å². The van der Waals surface area contributed by atoms with Crippen LogP contribution in [0.5, 0.6) is 0 Å². The molecule has 1 aromatic heterocycles. The zero-order valence-electron chi connectivity index (χ0n) is 13.1. The van der Waals surface area contributed by atoms with Crippen LogP contribution in [0.3, 0.4) is 0 Å². The molecule has 0 aliphatic rings. The zero-order chi connectivity index (χ0) is 16.4. The minimum Gasteiger partial charge on any atom is -0.481 e. The lowest BCUT2D eigenvalue weighted by atomic mass is 10.1. The van der Waals surface area contributed by atoms with Crippen molar-refractivity contribution >= 4 is 28.2 Å². The van der Waals surface area contributed by atoms with Gasteiger partial charge in [-0.05, 0) is 43.2 Å². The molecule has 0 atom stereocenters. The van der Waals surface area contributed by atoms with Crippen molar-refractivity contribution in [3.8, 4) is 0 Å². The maximum atomic E-state index is 11.0. The monoisotopic (exact) mass is 306 g/mol. The van der Waals surface area contributed by atoms with Crippen molar-refractivity contribution in [1.29, 1.82) is 0 Å². The Labute approximate surface area is 134 Å². The van der Waals surface area contributed by atoms with E-state index in [1.807, 2.05) is 44.2 Å². The fourth-order valence-electron chi connectivity index (χ4n) is 2.59. The highest BCUT2D eigenvalue weighted by molar-refractivity contribution is 5.94. The molecule has 1 heterocycles. The Balaban J connectivity index is 2.11. The topological polar surface area (TPSA) is 62.2 Å². The summed E-state index contributed by atoms with van der Waals surface area (Å²) >= 11 is 0. The third kappa shape index (κ3) is 3.31. The van der Waals surface area contributed by atoms with E-state index >= 15 is 0 Å². The van der Waals surface area contributed by atoms with Gasteiger partial charge in [-0.3, -0.25) is 9.78 Å². The summed E-state index contributed by atoms with van der Waals surface area (Å²) in [6.07, 6.45) is -0.0910. The van der Waals surface area contributed by atoms with E-state index in [1.165, 1.54) is 5.56 Å². The molecular weight excluding hydrogens is 288 g/mol. The third-order valence-electron chi connectivity index (χ3n) is 3.76. The largest absolute Gasteiger partial charge is 0.481 e. The van der Waals surface area contributed by atoms with E-state index in [0.29, 0.717) is 5.69 Å². The summed E-state index contributed by atoms with van der Waals surface area (Å²) in [5, 5.41) is 13.5. The average molecular weight is 306 g/mol. The van der Waals surface area contributed by atoms with Crippen molar-refractivity contribution in [2.75, 3.05) is 5.32 Å². The number of hydrogen-bond donors (Lipinski definition) is 2. The second-order valence-electron chi connectivity index (χ2n) is 5.69. The number of hydrogen-bond acceptors (Lipinski definition) is 3. The lowest BCUT2D eigenvalue weighted by Crippen LogP contribution is -2.04. The number of carboxylic acid groups (broad SMARTS) is 1. The summed E-state index contributed by atoms with van der Waals surface area (Å²) in [5.41, 5.74) is 5.53. The van der Waals surface area contributed by atoms with Gasteiger partial charge in [0.15, 0.2) is 0 Å². The van der Waals surface area contributed by atoms with Crippen LogP contribution in [0.15, 0.2) is 48.5 Å². The van der Waals surface area contributed by atoms with Gasteiger partial charge in [-0.1, -0.05) is 30.3 Å². The minimum atomic E-state index is -0.884. The Morgan fingerprint density at radius 1 is 1.09 bits per heavy atom. The van der Waals surface area contributed by atoms with E-state index in [2.05, 4.69) is 28.5 Å². The first-order valence-corrected chi connectivity index (χ1v) is 7.47. The molecule has 0 saturated carbocycles. The molecule has 116 valence electrons. The standard InChI is InChI=1S/C19H18N2O2/c1-12-7-8-13(2)17(9-12)21-18-10-14(11-19(22)23)20-16-6-4-3-5-15(16)18/h3-10H,11H2,1-2H3,(H,20,21)(H,22,23). The predicted octanol–water partition coefficient (Wildman–Crippen LogP) is 4.22. The van der Waals surface area contributed by atoms with E-state index in [1.54, 1.807) is 0 Å². The number of anilines is 2. The SMILES string of the molecule is Cc1ccc(C)c(Nc2cc(CC(=O)O)nc3ccccc23)c1. The number of aryl methyl sites for hydroxylation is 2.